The fourth-order valence-corrected chi connectivity index (χ4v) is 4.19. The summed E-state index contributed by atoms with van der Waals surface area (Å²) in [6.07, 6.45) is 3.79. The van der Waals surface area contributed by atoms with Crippen LogP contribution >= 0.6 is 0 Å². The van der Waals surface area contributed by atoms with Gasteiger partial charge in [0.05, 0.1) is 11.1 Å². The molecule has 0 aliphatic heterocycles. The third kappa shape index (κ3) is 5.94. The molecule has 4 rings (SSSR count). The number of hydrogen-bond donors (Lipinski definition) is 2. The Morgan fingerprint density at radius 1 is 0.714 bits per heavy atom. The summed E-state index contributed by atoms with van der Waals surface area (Å²) in [4.78, 5) is 24.7. The third-order valence-electron chi connectivity index (χ3n) is 6.10. The standard InChI is InChI=1S/C15H20N2O.C14H18N2O/c1-3-5-11-17-15(18)14(13(4-2)16-17)12-9-7-6-8-10-12;1-4-12-13(11-8-6-5-7-9-11)14(17)16(15-12)10(2)3/h6-10,16H,3-5,11H2,1-2H3;5-10,15H,4H2,1-3H3. The highest BCUT2D eigenvalue weighted by atomic mass is 16.1. The van der Waals surface area contributed by atoms with E-state index in [0.29, 0.717) is 0 Å². The molecule has 0 amide bonds. The maximum atomic E-state index is 12.4. The van der Waals surface area contributed by atoms with E-state index in [4.69, 9.17) is 0 Å². The lowest BCUT2D eigenvalue weighted by Crippen LogP contribution is -2.19. The molecule has 0 fully saturated rings. The predicted octanol–water partition coefficient (Wildman–Crippen LogP) is 6.19. The molecule has 4 aromatic rings. The third-order valence-corrected chi connectivity index (χ3v) is 6.10. The molecule has 0 aliphatic carbocycles. The van der Waals surface area contributed by atoms with Crippen LogP contribution in [0.15, 0.2) is 70.3 Å². The van der Waals surface area contributed by atoms with Gasteiger partial charge in [-0.25, -0.2) is 4.68 Å². The quantitative estimate of drug-likeness (QED) is 0.319. The zero-order valence-corrected chi connectivity index (χ0v) is 21.6. The SMILES string of the molecule is CCCCn1[nH]c(CC)c(-c2ccccc2)c1=O.CCc1[nH]n(C(C)C)c(=O)c1-c1ccccc1. The van der Waals surface area contributed by atoms with E-state index in [2.05, 4.69) is 31.0 Å². The van der Waals surface area contributed by atoms with Crippen LogP contribution in [0.25, 0.3) is 22.3 Å². The molecule has 0 aliphatic rings. The van der Waals surface area contributed by atoms with E-state index in [-0.39, 0.29) is 17.2 Å². The topological polar surface area (TPSA) is 75.6 Å². The molecule has 0 spiro atoms. The Kier molecular flexibility index (Phi) is 9.12. The van der Waals surface area contributed by atoms with Gasteiger partial charge in [0.2, 0.25) is 0 Å². The second-order valence-corrected chi connectivity index (χ2v) is 8.95. The van der Waals surface area contributed by atoms with Crippen molar-refractivity contribution >= 4 is 0 Å². The van der Waals surface area contributed by atoms with E-state index >= 15 is 0 Å². The molecule has 186 valence electrons. The first kappa shape index (κ1) is 26.1. The van der Waals surface area contributed by atoms with Crippen LogP contribution in [0.3, 0.4) is 0 Å². The molecule has 2 N–H and O–H groups in total. The normalized spacial score (nSPS) is 10.9. The molecular weight excluding hydrogens is 436 g/mol. The van der Waals surface area contributed by atoms with E-state index in [9.17, 15) is 9.59 Å². The first-order chi connectivity index (χ1) is 16.9. The van der Waals surface area contributed by atoms with Gasteiger partial charge >= 0.3 is 0 Å². The Bertz CT molecular complexity index is 1310. The van der Waals surface area contributed by atoms with Crippen LogP contribution in [-0.2, 0) is 19.4 Å². The highest BCUT2D eigenvalue weighted by Gasteiger charge is 2.16. The highest BCUT2D eigenvalue weighted by molar-refractivity contribution is 5.65. The molecular formula is C29H38N4O2. The summed E-state index contributed by atoms with van der Waals surface area (Å²) in [6, 6.07) is 19.9. The molecule has 6 nitrogen and oxygen atoms in total. The van der Waals surface area contributed by atoms with Gasteiger partial charge in [0, 0.05) is 24.0 Å². The Hall–Kier alpha value is -3.54. The number of aromatic nitrogens is 4. The van der Waals surface area contributed by atoms with Crippen LogP contribution in [0.5, 0.6) is 0 Å². The first-order valence-electron chi connectivity index (χ1n) is 12.7. The molecule has 0 atom stereocenters. The maximum absolute atomic E-state index is 12.4. The van der Waals surface area contributed by atoms with Gasteiger partial charge in [0.25, 0.3) is 11.1 Å². The Morgan fingerprint density at radius 3 is 1.66 bits per heavy atom. The van der Waals surface area contributed by atoms with Gasteiger partial charge in [-0.1, -0.05) is 87.9 Å². The van der Waals surface area contributed by atoms with E-state index in [1.165, 1.54) is 0 Å². The molecule has 6 heteroatoms. The number of rotatable bonds is 8. The van der Waals surface area contributed by atoms with E-state index < -0.39 is 0 Å². The number of unbranched alkanes of at least 4 members (excludes halogenated alkanes) is 1. The molecule has 35 heavy (non-hydrogen) atoms. The lowest BCUT2D eigenvalue weighted by molar-refractivity contribution is 0.512. The van der Waals surface area contributed by atoms with Crippen molar-refractivity contribution < 1.29 is 0 Å². The largest absolute Gasteiger partial charge is 0.299 e. The van der Waals surface area contributed by atoms with Gasteiger partial charge in [0.15, 0.2) is 0 Å². The number of aryl methyl sites for hydroxylation is 3. The number of nitrogens with zero attached hydrogens (tertiary/aromatic N) is 2. The van der Waals surface area contributed by atoms with Gasteiger partial charge in [-0.05, 0) is 44.2 Å². The Morgan fingerprint density at radius 2 is 1.20 bits per heavy atom. The number of H-pyrrole nitrogens is 2. The summed E-state index contributed by atoms with van der Waals surface area (Å²) in [6.45, 7) is 11.0. The summed E-state index contributed by atoms with van der Waals surface area (Å²) in [5.74, 6) is 0. The number of benzene rings is 2. The van der Waals surface area contributed by atoms with Crippen LogP contribution in [0.2, 0.25) is 0 Å². The molecule has 2 heterocycles. The van der Waals surface area contributed by atoms with E-state index in [1.54, 1.807) is 9.36 Å². The minimum Gasteiger partial charge on any atom is -0.299 e. The van der Waals surface area contributed by atoms with Crippen LogP contribution in [-0.4, -0.2) is 19.6 Å². The van der Waals surface area contributed by atoms with Gasteiger partial charge in [-0.15, -0.1) is 0 Å². The molecule has 0 saturated carbocycles. The predicted molar refractivity (Wildman–Crippen MR) is 145 cm³/mol. The summed E-state index contributed by atoms with van der Waals surface area (Å²) >= 11 is 0. The lowest BCUT2D eigenvalue weighted by Gasteiger charge is -2.03. The van der Waals surface area contributed by atoms with Crippen molar-refractivity contribution in [1.29, 1.82) is 0 Å². The fourth-order valence-electron chi connectivity index (χ4n) is 4.19. The minimum atomic E-state index is 0.0723. The first-order valence-corrected chi connectivity index (χ1v) is 12.7. The van der Waals surface area contributed by atoms with Crippen molar-refractivity contribution in [1.82, 2.24) is 19.6 Å². The van der Waals surface area contributed by atoms with Crippen LogP contribution in [0, 0.1) is 0 Å². The second-order valence-electron chi connectivity index (χ2n) is 8.95. The fraction of sp³-hybridized carbons (Fsp3) is 0.379. The van der Waals surface area contributed by atoms with E-state index in [0.717, 1.165) is 65.9 Å². The van der Waals surface area contributed by atoms with Crippen molar-refractivity contribution in [3.63, 3.8) is 0 Å². The monoisotopic (exact) mass is 474 g/mol. The van der Waals surface area contributed by atoms with E-state index in [1.807, 2.05) is 74.5 Å². The van der Waals surface area contributed by atoms with Gasteiger partial charge < -0.3 is 0 Å². The number of nitrogens with one attached hydrogen (secondary N) is 2. The summed E-state index contributed by atoms with van der Waals surface area (Å²) in [7, 11) is 0. The zero-order chi connectivity index (χ0) is 25.4. The molecule has 0 radical (unpaired) electrons. The smallest absolute Gasteiger partial charge is 0.274 e. The zero-order valence-electron chi connectivity index (χ0n) is 21.6. The minimum absolute atomic E-state index is 0.0723. The highest BCUT2D eigenvalue weighted by Crippen LogP contribution is 2.21. The van der Waals surface area contributed by atoms with Crippen molar-refractivity contribution in [2.24, 2.45) is 0 Å². The summed E-state index contributed by atoms with van der Waals surface area (Å²) in [5.41, 5.74) is 5.85. The Balaban J connectivity index is 0.000000196. The van der Waals surface area contributed by atoms with Gasteiger partial charge in [0.1, 0.15) is 0 Å². The van der Waals surface area contributed by atoms with Crippen molar-refractivity contribution in [2.45, 2.75) is 72.9 Å². The van der Waals surface area contributed by atoms with Crippen LogP contribution in [0.1, 0.15) is 64.9 Å². The average Bonchev–Trinajstić information content (AvgIpc) is 3.40. The molecule has 2 aromatic heterocycles. The number of aromatic amines is 2. The summed E-state index contributed by atoms with van der Waals surface area (Å²) < 4.78 is 3.44. The number of hydrogen-bond acceptors (Lipinski definition) is 2. The average molecular weight is 475 g/mol. The molecule has 0 saturated heterocycles. The summed E-state index contributed by atoms with van der Waals surface area (Å²) in [5, 5.41) is 6.44. The maximum Gasteiger partial charge on any atom is 0.274 e. The molecule has 0 bridgehead atoms. The van der Waals surface area contributed by atoms with Gasteiger partial charge in [-0.2, -0.15) is 0 Å². The Labute approximate surface area is 207 Å². The molecule has 2 aromatic carbocycles. The van der Waals surface area contributed by atoms with Crippen LogP contribution in [0.4, 0.5) is 0 Å². The van der Waals surface area contributed by atoms with Crippen molar-refractivity contribution in [2.75, 3.05) is 0 Å². The van der Waals surface area contributed by atoms with Gasteiger partial charge in [-0.3, -0.25) is 24.5 Å². The van der Waals surface area contributed by atoms with Crippen molar-refractivity contribution in [3.05, 3.63) is 92.8 Å². The molecule has 0 unspecified atom stereocenters. The van der Waals surface area contributed by atoms with Crippen molar-refractivity contribution in [3.8, 4) is 22.3 Å². The van der Waals surface area contributed by atoms with Crippen LogP contribution < -0.4 is 11.1 Å². The lowest BCUT2D eigenvalue weighted by atomic mass is 10.1. The second kappa shape index (κ2) is 12.2.